The van der Waals surface area contributed by atoms with E-state index >= 15 is 0 Å². The van der Waals surface area contributed by atoms with Crippen LogP contribution in [-0.2, 0) is 18.6 Å². The largest absolute Gasteiger partial charge is 0.454 e. The molecule has 130 valence electrons. The number of rotatable bonds is 3. The molecule has 2 aliphatic rings. The minimum Gasteiger partial charge on any atom is -0.454 e. The number of ether oxygens (including phenoxy) is 2. The van der Waals surface area contributed by atoms with Crippen LogP contribution in [0.15, 0.2) is 29.7 Å². The highest BCUT2D eigenvalue weighted by atomic mass is 32.2. The summed E-state index contributed by atoms with van der Waals surface area (Å²) < 4.78 is 12.8. The van der Waals surface area contributed by atoms with E-state index in [1.54, 1.807) is 11.8 Å². The Morgan fingerprint density at radius 3 is 3.12 bits per heavy atom. The van der Waals surface area contributed by atoms with E-state index in [0.29, 0.717) is 6.79 Å². The smallest absolute Gasteiger partial charge is 0.231 e. The van der Waals surface area contributed by atoms with E-state index in [9.17, 15) is 0 Å². The van der Waals surface area contributed by atoms with E-state index in [1.165, 1.54) is 34.2 Å². The van der Waals surface area contributed by atoms with Gasteiger partial charge in [0.15, 0.2) is 22.3 Å². The van der Waals surface area contributed by atoms with Gasteiger partial charge in [0, 0.05) is 10.6 Å². The van der Waals surface area contributed by atoms with Gasteiger partial charge >= 0.3 is 0 Å². The topological polar surface area (TPSA) is 61.5 Å². The molecule has 26 heavy (non-hydrogen) atoms. The van der Waals surface area contributed by atoms with E-state index in [1.807, 2.05) is 34.2 Å². The highest BCUT2D eigenvalue weighted by Crippen LogP contribution is 2.39. The minimum atomic E-state index is 0.299. The third kappa shape index (κ3) is 2.15. The molecule has 0 fully saturated rings. The molecule has 3 aromatic heterocycles. The van der Waals surface area contributed by atoms with Crippen LogP contribution in [0.1, 0.15) is 22.4 Å². The second-order valence-electron chi connectivity index (χ2n) is 6.43. The molecule has 6 rings (SSSR count). The number of thiophene rings is 1. The summed E-state index contributed by atoms with van der Waals surface area (Å²) in [4.78, 5) is 7.22. The summed E-state index contributed by atoms with van der Waals surface area (Å²) in [7, 11) is 0. The molecule has 8 heteroatoms. The predicted octanol–water partition coefficient (Wildman–Crippen LogP) is 3.85. The van der Waals surface area contributed by atoms with Crippen LogP contribution in [0, 0.1) is 0 Å². The molecular formula is C18H14N4O2S2. The molecule has 0 saturated heterocycles. The first-order chi connectivity index (χ1) is 12.9. The third-order valence-corrected chi connectivity index (χ3v) is 7.10. The van der Waals surface area contributed by atoms with Crippen LogP contribution in [0.2, 0.25) is 0 Å². The summed E-state index contributed by atoms with van der Waals surface area (Å²) >= 11 is 3.46. The van der Waals surface area contributed by atoms with E-state index in [2.05, 4.69) is 21.2 Å². The van der Waals surface area contributed by atoms with Gasteiger partial charge in [0.05, 0.1) is 5.39 Å². The first kappa shape index (κ1) is 14.8. The van der Waals surface area contributed by atoms with Crippen LogP contribution in [-0.4, -0.2) is 26.4 Å². The van der Waals surface area contributed by atoms with E-state index in [0.717, 1.165) is 39.3 Å². The lowest BCUT2D eigenvalue weighted by atomic mass is 10.2. The van der Waals surface area contributed by atoms with Crippen molar-refractivity contribution in [2.24, 2.45) is 0 Å². The van der Waals surface area contributed by atoms with Crippen molar-refractivity contribution < 1.29 is 9.47 Å². The van der Waals surface area contributed by atoms with Crippen molar-refractivity contribution in [2.45, 2.75) is 30.2 Å². The van der Waals surface area contributed by atoms with Crippen molar-refractivity contribution in [3.8, 4) is 11.5 Å². The van der Waals surface area contributed by atoms with Crippen LogP contribution in [0.4, 0.5) is 0 Å². The highest BCUT2D eigenvalue weighted by Gasteiger charge is 2.22. The van der Waals surface area contributed by atoms with Gasteiger partial charge in [-0.25, -0.2) is 4.98 Å². The molecule has 0 saturated carbocycles. The molecule has 6 nitrogen and oxygen atoms in total. The third-order valence-electron chi connectivity index (χ3n) is 4.89. The van der Waals surface area contributed by atoms with Crippen molar-refractivity contribution >= 4 is 39.0 Å². The fourth-order valence-corrected chi connectivity index (χ4v) is 5.72. The average molecular weight is 382 g/mol. The first-order valence-electron chi connectivity index (χ1n) is 8.52. The van der Waals surface area contributed by atoms with E-state index in [4.69, 9.17) is 9.47 Å². The van der Waals surface area contributed by atoms with Crippen molar-refractivity contribution in [2.75, 3.05) is 6.79 Å². The number of hydrogen-bond acceptors (Lipinski definition) is 7. The average Bonchev–Trinajstić information content (AvgIpc) is 3.41. The molecule has 4 aromatic rings. The molecule has 1 aromatic carbocycles. The van der Waals surface area contributed by atoms with Crippen LogP contribution in [0.3, 0.4) is 0 Å². The number of aryl methyl sites for hydroxylation is 2. The quantitative estimate of drug-likeness (QED) is 0.502. The van der Waals surface area contributed by atoms with Gasteiger partial charge in [-0.05, 0) is 42.5 Å². The molecule has 0 atom stereocenters. The van der Waals surface area contributed by atoms with Gasteiger partial charge in [-0.15, -0.1) is 21.5 Å². The fourth-order valence-electron chi connectivity index (χ4n) is 3.65. The fraction of sp³-hybridized carbons (Fsp3) is 0.278. The maximum atomic E-state index is 5.45. The maximum Gasteiger partial charge on any atom is 0.231 e. The Hall–Kier alpha value is -2.32. The summed E-state index contributed by atoms with van der Waals surface area (Å²) in [5.74, 6) is 2.41. The molecule has 1 aliphatic heterocycles. The van der Waals surface area contributed by atoms with Gasteiger partial charge < -0.3 is 9.47 Å². The van der Waals surface area contributed by atoms with Crippen molar-refractivity contribution in [1.82, 2.24) is 19.6 Å². The maximum absolute atomic E-state index is 5.45. The van der Waals surface area contributed by atoms with Gasteiger partial charge in [0.2, 0.25) is 6.79 Å². The minimum absolute atomic E-state index is 0.299. The van der Waals surface area contributed by atoms with Crippen molar-refractivity contribution in [3.05, 3.63) is 40.5 Å². The number of nitrogens with zero attached hydrogens (tertiary/aromatic N) is 4. The Morgan fingerprint density at radius 2 is 2.12 bits per heavy atom. The molecule has 0 radical (unpaired) electrons. The molecule has 0 bridgehead atoms. The van der Waals surface area contributed by atoms with Crippen molar-refractivity contribution in [3.63, 3.8) is 0 Å². The van der Waals surface area contributed by atoms with Crippen LogP contribution in [0.25, 0.3) is 15.9 Å². The molecule has 0 N–H and O–H groups in total. The first-order valence-corrected chi connectivity index (χ1v) is 10.3. The number of thioether (sulfide) groups is 1. The van der Waals surface area contributed by atoms with Gasteiger partial charge in [-0.3, -0.25) is 4.40 Å². The normalized spacial score (nSPS) is 15.2. The van der Waals surface area contributed by atoms with Gasteiger partial charge in [0.1, 0.15) is 11.2 Å². The SMILES string of the molecule is c1cc2c(cc1CSc1nnc3c4c5c(sc4ncn13)CCC5)OCO2. The van der Waals surface area contributed by atoms with E-state index in [-0.39, 0.29) is 0 Å². The standard InChI is InChI=1S/C18H14N4O2S2/c1-2-11-14(3-1)26-17-15(11)16-20-21-18(22(16)8-19-17)25-7-10-4-5-12-13(6-10)24-9-23-12/h4-6,8H,1-3,7,9H2. The zero-order valence-electron chi connectivity index (χ0n) is 13.8. The van der Waals surface area contributed by atoms with Crippen LogP contribution < -0.4 is 9.47 Å². The Bertz CT molecular complexity index is 1170. The Morgan fingerprint density at radius 1 is 1.15 bits per heavy atom. The number of aromatic nitrogens is 4. The predicted molar refractivity (Wildman–Crippen MR) is 100 cm³/mol. The van der Waals surface area contributed by atoms with Gasteiger partial charge in [0.25, 0.3) is 0 Å². The van der Waals surface area contributed by atoms with E-state index < -0.39 is 0 Å². The molecule has 0 unspecified atom stereocenters. The van der Waals surface area contributed by atoms with Crippen LogP contribution >= 0.6 is 23.1 Å². The second-order valence-corrected chi connectivity index (χ2v) is 8.46. The lowest BCUT2D eigenvalue weighted by molar-refractivity contribution is 0.174. The summed E-state index contributed by atoms with van der Waals surface area (Å²) in [6.07, 6.45) is 5.38. The molecule has 0 amide bonds. The summed E-state index contributed by atoms with van der Waals surface area (Å²) in [5, 5.41) is 11.0. The molecule has 1 aliphatic carbocycles. The second kappa shape index (κ2) is 5.59. The molecule has 4 heterocycles. The zero-order chi connectivity index (χ0) is 17.1. The Balaban J connectivity index is 1.35. The number of hydrogen-bond donors (Lipinski definition) is 0. The monoisotopic (exact) mass is 382 g/mol. The van der Waals surface area contributed by atoms with Crippen molar-refractivity contribution in [1.29, 1.82) is 0 Å². The number of benzene rings is 1. The Labute approximate surface area is 157 Å². The number of fused-ring (bicyclic) bond motifs is 6. The Kier molecular flexibility index (Phi) is 3.18. The molecule has 0 spiro atoms. The van der Waals surface area contributed by atoms with Gasteiger partial charge in [-0.2, -0.15) is 0 Å². The lowest BCUT2D eigenvalue weighted by Gasteiger charge is -2.03. The molecular weight excluding hydrogens is 368 g/mol. The summed E-state index contributed by atoms with van der Waals surface area (Å²) in [5.41, 5.74) is 3.53. The lowest BCUT2D eigenvalue weighted by Crippen LogP contribution is -1.93. The van der Waals surface area contributed by atoms with Gasteiger partial charge in [-0.1, -0.05) is 17.8 Å². The highest BCUT2D eigenvalue weighted by molar-refractivity contribution is 7.98. The summed E-state index contributed by atoms with van der Waals surface area (Å²) in [6, 6.07) is 6.05. The zero-order valence-corrected chi connectivity index (χ0v) is 15.4. The van der Waals surface area contributed by atoms with Crippen LogP contribution in [0.5, 0.6) is 11.5 Å². The summed E-state index contributed by atoms with van der Waals surface area (Å²) in [6.45, 7) is 0.299.